The van der Waals surface area contributed by atoms with E-state index in [1.165, 1.54) is 17.4 Å². The maximum Gasteiger partial charge on any atom is 0.274 e. The lowest BCUT2D eigenvalue weighted by molar-refractivity contribution is 0.0661. The minimum Gasteiger partial charge on any atom is -0.503 e. The number of carbonyl (C=O) groups excluding carboxylic acids is 1. The fourth-order valence-corrected chi connectivity index (χ4v) is 5.35. The molecule has 0 bridgehead atoms. The van der Waals surface area contributed by atoms with Crippen LogP contribution in [0, 0.1) is 5.82 Å². The highest BCUT2D eigenvalue weighted by Gasteiger charge is 2.38. The predicted molar refractivity (Wildman–Crippen MR) is 112 cm³/mol. The zero-order valence-corrected chi connectivity index (χ0v) is 17.3. The van der Waals surface area contributed by atoms with Crippen LogP contribution in [0.4, 0.5) is 4.39 Å². The lowest BCUT2D eigenvalue weighted by atomic mass is 10.1. The van der Waals surface area contributed by atoms with Gasteiger partial charge in [0.2, 0.25) is 5.43 Å². The maximum atomic E-state index is 14.2. The Labute approximate surface area is 180 Å². The molecule has 2 aliphatic heterocycles. The molecule has 9 heteroatoms. The molecule has 2 aromatic heterocycles. The number of hydrogen-bond donors (Lipinski definition) is 1. The number of nitrogens with zero attached hydrogens (tertiary/aromatic N) is 3. The van der Waals surface area contributed by atoms with Gasteiger partial charge in [0.15, 0.2) is 11.4 Å². The van der Waals surface area contributed by atoms with E-state index in [1.54, 1.807) is 34.0 Å². The molecule has 0 radical (unpaired) electrons. The third-order valence-corrected chi connectivity index (χ3v) is 7.01. The van der Waals surface area contributed by atoms with E-state index in [-0.39, 0.29) is 34.6 Å². The van der Waals surface area contributed by atoms with E-state index in [4.69, 9.17) is 11.6 Å². The standard InChI is InChI=1S/C21H17ClFN3O3S/c22-15-5-1-3-11(16(15)23)7-13-8-24-20(30-13)14-10-25-9-12-4-2-6-26(12)21(29)17(25)19(28)18(14)27/h1,3,5,8,10,12,28H,2,4,6-7,9H2. The molecule has 30 heavy (non-hydrogen) atoms. The summed E-state index contributed by atoms with van der Waals surface area (Å²) in [6, 6.07) is 4.90. The molecule has 0 saturated carbocycles. The first-order valence-electron chi connectivity index (χ1n) is 9.59. The van der Waals surface area contributed by atoms with Crippen molar-refractivity contribution in [3.8, 4) is 16.3 Å². The Bertz CT molecular complexity index is 1240. The number of aromatic nitrogens is 2. The highest BCUT2D eigenvalue weighted by Crippen LogP contribution is 2.33. The van der Waals surface area contributed by atoms with Gasteiger partial charge in [-0.3, -0.25) is 9.59 Å². The number of fused-ring (bicyclic) bond motifs is 2. The summed E-state index contributed by atoms with van der Waals surface area (Å²) in [4.78, 5) is 32.3. The molecule has 2 aliphatic rings. The number of rotatable bonds is 3. The summed E-state index contributed by atoms with van der Waals surface area (Å²) < 4.78 is 15.9. The number of carbonyl (C=O) groups is 1. The molecular weight excluding hydrogens is 429 g/mol. The van der Waals surface area contributed by atoms with Gasteiger partial charge in [0.25, 0.3) is 5.91 Å². The summed E-state index contributed by atoms with van der Waals surface area (Å²) in [6.07, 6.45) is 5.30. The van der Waals surface area contributed by atoms with E-state index >= 15 is 0 Å². The predicted octanol–water partition coefficient (Wildman–Crippen LogP) is 3.68. The SMILES string of the molecule is O=C1c2c(O)c(=O)c(-c3ncc(Cc4cccc(Cl)c4F)s3)cn2CC2CCCN12. The van der Waals surface area contributed by atoms with E-state index < -0.39 is 17.0 Å². The molecule has 1 N–H and O–H groups in total. The van der Waals surface area contributed by atoms with Gasteiger partial charge in [-0.15, -0.1) is 11.3 Å². The number of benzene rings is 1. The Morgan fingerprint density at radius 1 is 1.33 bits per heavy atom. The van der Waals surface area contributed by atoms with Gasteiger partial charge >= 0.3 is 0 Å². The summed E-state index contributed by atoms with van der Waals surface area (Å²) >= 11 is 7.10. The average molecular weight is 446 g/mol. The van der Waals surface area contributed by atoms with Gasteiger partial charge < -0.3 is 14.6 Å². The van der Waals surface area contributed by atoms with Crippen LogP contribution >= 0.6 is 22.9 Å². The van der Waals surface area contributed by atoms with Gasteiger partial charge in [-0.25, -0.2) is 9.37 Å². The molecule has 0 spiro atoms. The van der Waals surface area contributed by atoms with Crippen LogP contribution in [0.1, 0.15) is 33.8 Å². The van der Waals surface area contributed by atoms with Crippen molar-refractivity contribution in [1.82, 2.24) is 14.5 Å². The molecule has 1 atom stereocenters. The molecule has 1 saturated heterocycles. The number of amides is 1. The van der Waals surface area contributed by atoms with Gasteiger partial charge in [-0.2, -0.15) is 0 Å². The topological polar surface area (TPSA) is 75.4 Å². The van der Waals surface area contributed by atoms with Crippen molar-refractivity contribution in [2.75, 3.05) is 6.54 Å². The molecule has 0 aliphatic carbocycles. The number of aromatic hydroxyl groups is 1. The summed E-state index contributed by atoms with van der Waals surface area (Å²) in [5.41, 5.74) is 0.0923. The second-order valence-corrected chi connectivity index (χ2v) is 9.06. The third-order valence-electron chi connectivity index (χ3n) is 5.68. The van der Waals surface area contributed by atoms with Crippen molar-refractivity contribution in [3.63, 3.8) is 0 Å². The van der Waals surface area contributed by atoms with Crippen molar-refractivity contribution < 1.29 is 14.3 Å². The first kappa shape index (κ1) is 19.3. The summed E-state index contributed by atoms with van der Waals surface area (Å²) in [5, 5.41) is 11.0. The Kier molecular flexibility index (Phi) is 4.63. The molecule has 5 rings (SSSR count). The molecule has 1 amide bonds. The Morgan fingerprint density at radius 2 is 2.17 bits per heavy atom. The Morgan fingerprint density at radius 3 is 3.00 bits per heavy atom. The van der Waals surface area contributed by atoms with E-state index in [0.29, 0.717) is 23.7 Å². The smallest absolute Gasteiger partial charge is 0.274 e. The molecule has 1 unspecified atom stereocenters. The second-order valence-electron chi connectivity index (χ2n) is 7.54. The summed E-state index contributed by atoms with van der Waals surface area (Å²) in [6.45, 7) is 1.18. The average Bonchev–Trinajstić information content (AvgIpc) is 3.38. The summed E-state index contributed by atoms with van der Waals surface area (Å²) in [5.74, 6) is -1.32. The third kappa shape index (κ3) is 3.02. The lowest BCUT2D eigenvalue weighted by Gasteiger charge is -2.32. The van der Waals surface area contributed by atoms with Crippen LogP contribution in [0.25, 0.3) is 10.6 Å². The molecule has 154 valence electrons. The van der Waals surface area contributed by atoms with E-state index in [9.17, 15) is 19.1 Å². The fraction of sp³-hybridized carbons (Fsp3) is 0.286. The minimum atomic E-state index is -0.623. The molecule has 3 aromatic rings. The van der Waals surface area contributed by atoms with Gasteiger partial charge in [-0.05, 0) is 24.5 Å². The van der Waals surface area contributed by atoms with E-state index in [2.05, 4.69) is 4.98 Å². The molecule has 6 nitrogen and oxygen atoms in total. The summed E-state index contributed by atoms with van der Waals surface area (Å²) in [7, 11) is 0. The number of hydrogen-bond acceptors (Lipinski definition) is 5. The molecule has 1 aromatic carbocycles. The zero-order chi connectivity index (χ0) is 21.0. The maximum absolute atomic E-state index is 14.2. The highest BCUT2D eigenvalue weighted by atomic mass is 35.5. The van der Waals surface area contributed by atoms with Crippen LogP contribution in [0.5, 0.6) is 5.75 Å². The van der Waals surface area contributed by atoms with Gasteiger partial charge in [-0.1, -0.05) is 23.7 Å². The first-order valence-corrected chi connectivity index (χ1v) is 10.8. The van der Waals surface area contributed by atoms with Crippen molar-refractivity contribution in [2.24, 2.45) is 0 Å². The van der Waals surface area contributed by atoms with Gasteiger partial charge in [0, 0.05) is 36.8 Å². The van der Waals surface area contributed by atoms with E-state index in [1.807, 2.05) is 0 Å². The molecule has 4 heterocycles. The number of thiazole rings is 1. The van der Waals surface area contributed by atoms with Crippen LogP contribution in [0.2, 0.25) is 5.02 Å². The fourth-order valence-electron chi connectivity index (χ4n) is 4.21. The quantitative estimate of drug-likeness (QED) is 0.667. The second kappa shape index (κ2) is 7.21. The van der Waals surface area contributed by atoms with Gasteiger partial charge in [0.1, 0.15) is 10.8 Å². The Balaban J connectivity index is 1.52. The van der Waals surface area contributed by atoms with Crippen molar-refractivity contribution >= 4 is 28.8 Å². The van der Waals surface area contributed by atoms with Crippen LogP contribution in [-0.2, 0) is 13.0 Å². The minimum absolute atomic E-state index is 0.0414. The van der Waals surface area contributed by atoms with Crippen molar-refractivity contribution in [1.29, 1.82) is 0 Å². The zero-order valence-electron chi connectivity index (χ0n) is 15.8. The van der Waals surface area contributed by atoms with Gasteiger partial charge in [0.05, 0.1) is 16.6 Å². The number of pyridine rings is 1. The lowest BCUT2D eigenvalue weighted by Crippen LogP contribution is -2.45. The van der Waals surface area contributed by atoms with Crippen LogP contribution < -0.4 is 5.43 Å². The molecule has 1 fully saturated rings. The van der Waals surface area contributed by atoms with Crippen LogP contribution in [-0.4, -0.2) is 38.1 Å². The Hall–Kier alpha value is -2.71. The van der Waals surface area contributed by atoms with Crippen LogP contribution in [0.3, 0.4) is 0 Å². The van der Waals surface area contributed by atoms with E-state index in [0.717, 1.165) is 17.7 Å². The highest BCUT2D eigenvalue weighted by molar-refractivity contribution is 7.15. The largest absolute Gasteiger partial charge is 0.503 e. The normalized spacial score (nSPS) is 17.9. The first-order chi connectivity index (χ1) is 14.4. The van der Waals surface area contributed by atoms with Crippen molar-refractivity contribution in [3.05, 3.63) is 67.8 Å². The van der Waals surface area contributed by atoms with Crippen molar-refractivity contribution in [2.45, 2.75) is 31.8 Å². The monoisotopic (exact) mass is 445 g/mol. The molecular formula is C21H17ClFN3O3S. The number of halogens is 2. The van der Waals surface area contributed by atoms with Crippen LogP contribution in [0.15, 0.2) is 35.4 Å².